The fourth-order valence-corrected chi connectivity index (χ4v) is 3.97. The molecule has 21 heavy (non-hydrogen) atoms. The Kier molecular flexibility index (Phi) is 2.69. The van der Waals surface area contributed by atoms with Crippen molar-refractivity contribution in [2.24, 2.45) is 5.41 Å². The molecule has 1 spiro atoms. The maximum atomic E-state index is 12.5. The smallest absolute Gasteiger partial charge is 0.160 e. The fourth-order valence-electron chi connectivity index (χ4n) is 3.97. The van der Waals surface area contributed by atoms with Crippen molar-refractivity contribution < 1.29 is 9.63 Å². The van der Waals surface area contributed by atoms with Crippen molar-refractivity contribution >= 4 is 5.78 Å². The first-order chi connectivity index (χ1) is 10.3. The predicted octanol–water partition coefficient (Wildman–Crippen LogP) is 2.35. The molecule has 2 aliphatic heterocycles. The van der Waals surface area contributed by atoms with Gasteiger partial charge in [-0.1, -0.05) is 24.3 Å². The molecule has 0 amide bonds. The number of ketones is 1. The molecule has 2 aliphatic carbocycles. The molecule has 4 aliphatic rings. The quantitative estimate of drug-likeness (QED) is 0.801. The van der Waals surface area contributed by atoms with Crippen molar-refractivity contribution in [3.63, 3.8) is 0 Å². The van der Waals surface area contributed by atoms with E-state index in [4.69, 9.17) is 4.84 Å². The van der Waals surface area contributed by atoms with Crippen LogP contribution in [0.1, 0.15) is 19.3 Å². The monoisotopic (exact) mass is 282 g/mol. The second-order valence-corrected chi connectivity index (χ2v) is 5.73. The average Bonchev–Trinajstić information content (AvgIpc) is 2.64. The lowest BCUT2D eigenvalue weighted by atomic mass is 9.66. The molecule has 4 rings (SSSR count). The van der Waals surface area contributed by atoms with Gasteiger partial charge < -0.3 is 5.32 Å². The van der Waals surface area contributed by atoms with Gasteiger partial charge in [-0.15, -0.1) is 0 Å². The number of rotatable bonds is 1. The molecule has 0 bridgehead atoms. The summed E-state index contributed by atoms with van der Waals surface area (Å²) in [7, 11) is 1.68. The van der Waals surface area contributed by atoms with E-state index in [-0.39, 0.29) is 11.8 Å². The number of allylic oxidation sites excluding steroid dienone is 5. The van der Waals surface area contributed by atoms with E-state index in [1.54, 1.807) is 7.11 Å². The van der Waals surface area contributed by atoms with Crippen molar-refractivity contribution in [2.75, 3.05) is 7.11 Å². The topological polar surface area (TPSA) is 41.6 Å². The van der Waals surface area contributed by atoms with E-state index in [9.17, 15) is 4.79 Å². The lowest BCUT2D eigenvalue weighted by Crippen LogP contribution is -2.51. The third-order valence-electron chi connectivity index (χ3n) is 4.79. The van der Waals surface area contributed by atoms with Crippen LogP contribution in [0.4, 0.5) is 0 Å². The van der Waals surface area contributed by atoms with Gasteiger partial charge in [0.1, 0.15) is 6.04 Å². The lowest BCUT2D eigenvalue weighted by Gasteiger charge is -2.40. The molecule has 2 unspecified atom stereocenters. The van der Waals surface area contributed by atoms with E-state index in [0.29, 0.717) is 6.42 Å². The third kappa shape index (κ3) is 1.51. The molecule has 2 atom stereocenters. The molecule has 108 valence electrons. The predicted molar refractivity (Wildman–Crippen MR) is 79.6 cm³/mol. The molecule has 1 N–H and O–H groups in total. The zero-order chi connectivity index (χ0) is 14.4. The minimum Gasteiger partial charge on any atom is -0.380 e. The Morgan fingerprint density at radius 3 is 3.19 bits per heavy atom. The average molecular weight is 282 g/mol. The van der Waals surface area contributed by atoms with Crippen LogP contribution < -0.4 is 5.32 Å². The number of Topliss-reactive ketones (excluding diaryl/α,β-unsaturated/α-hetero) is 1. The summed E-state index contributed by atoms with van der Waals surface area (Å²) in [6, 6.07) is -0.246. The van der Waals surface area contributed by atoms with Gasteiger partial charge >= 0.3 is 0 Å². The zero-order valence-corrected chi connectivity index (χ0v) is 12.0. The van der Waals surface area contributed by atoms with Crippen molar-refractivity contribution in [3.8, 4) is 0 Å². The molecule has 4 nitrogen and oxygen atoms in total. The standard InChI is InChI=1S/C17H18N2O2/c1-21-19-13-7-3-2-6-12(13)17-10-4-5-11-18-16(17)14(20)8-9-15(17)19/h3-5,7,9-11,16,18H,2,6,8H2,1H3. The van der Waals surface area contributed by atoms with Crippen LogP contribution in [0.25, 0.3) is 0 Å². The Morgan fingerprint density at radius 2 is 2.33 bits per heavy atom. The molecule has 0 aromatic rings. The van der Waals surface area contributed by atoms with E-state index in [1.807, 2.05) is 29.5 Å². The molecule has 0 saturated heterocycles. The number of hydrogen-bond acceptors (Lipinski definition) is 4. The van der Waals surface area contributed by atoms with E-state index in [1.165, 1.54) is 5.57 Å². The van der Waals surface area contributed by atoms with Crippen LogP contribution in [0.5, 0.6) is 0 Å². The number of carbonyl (C=O) groups is 1. The molecular formula is C17H18N2O2. The Bertz CT molecular complexity index is 654. The first kappa shape index (κ1) is 12.7. The first-order valence-corrected chi connectivity index (χ1v) is 7.37. The summed E-state index contributed by atoms with van der Waals surface area (Å²) in [6.07, 6.45) is 16.7. The lowest BCUT2D eigenvalue weighted by molar-refractivity contribution is -0.123. The van der Waals surface area contributed by atoms with Gasteiger partial charge in [0.05, 0.1) is 23.9 Å². The van der Waals surface area contributed by atoms with Crippen molar-refractivity contribution in [2.45, 2.75) is 25.3 Å². The summed E-state index contributed by atoms with van der Waals surface area (Å²) in [5.41, 5.74) is 3.03. The number of carbonyl (C=O) groups excluding carboxylic acids is 1. The van der Waals surface area contributed by atoms with Gasteiger partial charge in [-0.2, -0.15) is 0 Å². The highest BCUT2D eigenvalue weighted by Crippen LogP contribution is 2.56. The maximum Gasteiger partial charge on any atom is 0.160 e. The molecule has 0 aromatic carbocycles. The Morgan fingerprint density at radius 1 is 1.43 bits per heavy atom. The summed E-state index contributed by atoms with van der Waals surface area (Å²) in [5, 5.41) is 5.19. The summed E-state index contributed by atoms with van der Waals surface area (Å²) in [6.45, 7) is 0. The number of hydrogen-bond donors (Lipinski definition) is 1. The molecule has 0 aromatic heterocycles. The van der Waals surface area contributed by atoms with E-state index < -0.39 is 5.41 Å². The van der Waals surface area contributed by atoms with Crippen LogP contribution >= 0.6 is 0 Å². The van der Waals surface area contributed by atoms with E-state index >= 15 is 0 Å². The number of nitrogens with zero attached hydrogens (tertiary/aromatic N) is 1. The van der Waals surface area contributed by atoms with Crippen LogP contribution in [0.2, 0.25) is 0 Å². The number of hydroxylamine groups is 2. The third-order valence-corrected chi connectivity index (χ3v) is 4.79. The number of nitrogens with one attached hydrogen (secondary N) is 1. The highest BCUT2D eigenvalue weighted by Gasteiger charge is 2.56. The molecular weight excluding hydrogens is 264 g/mol. The van der Waals surface area contributed by atoms with Gasteiger partial charge in [-0.3, -0.25) is 9.63 Å². The first-order valence-electron chi connectivity index (χ1n) is 7.37. The molecule has 4 heteroatoms. The van der Waals surface area contributed by atoms with Crippen LogP contribution in [0, 0.1) is 5.41 Å². The van der Waals surface area contributed by atoms with Gasteiger partial charge in [0.25, 0.3) is 0 Å². The summed E-state index contributed by atoms with van der Waals surface area (Å²) in [4.78, 5) is 18.1. The van der Waals surface area contributed by atoms with Crippen molar-refractivity contribution in [3.05, 3.63) is 59.6 Å². The van der Waals surface area contributed by atoms with Gasteiger partial charge in [0.15, 0.2) is 5.78 Å². The molecule has 2 heterocycles. The maximum absolute atomic E-state index is 12.5. The van der Waals surface area contributed by atoms with Gasteiger partial charge in [-0.05, 0) is 36.8 Å². The second kappa shape index (κ2) is 4.46. The minimum absolute atomic E-state index is 0.231. The van der Waals surface area contributed by atoms with Crippen LogP contribution in [0.15, 0.2) is 59.6 Å². The summed E-state index contributed by atoms with van der Waals surface area (Å²) < 4.78 is 0. The SMILES string of the molecule is CON1C2=CCC(=O)C3NC=CC=CC23C2=C1C=CCC2. The van der Waals surface area contributed by atoms with Gasteiger partial charge in [0.2, 0.25) is 0 Å². The molecule has 0 radical (unpaired) electrons. The summed E-state index contributed by atoms with van der Waals surface area (Å²) in [5.74, 6) is 0.231. The van der Waals surface area contributed by atoms with Crippen molar-refractivity contribution in [1.82, 2.24) is 10.4 Å². The van der Waals surface area contributed by atoms with Crippen LogP contribution in [-0.2, 0) is 9.63 Å². The highest BCUT2D eigenvalue weighted by atomic mass is 16.7. The van der Waals surface area contributed by atoms with Crippen LogP contribution in [-0.4, -0.2) is 24.0 Å². The Hall–Kier alpha value is -2.07. The largest absolute Gasteiger partial charge is 0.380 e. The molecule has 0 fully saturated rings. The Balaban J connectivity index is 1.98. The second-order valence-electron chi connectivity index (χ2n) is 5.73. The summed E-state index contributed by atoms with van der Waals surface area (Å²) >= 11 is 0. The van der Waals surface area contributed by atoms with Gasteiger partial charge in [-0.25, -0.2) is 5.06 Å². The fraction of sp³-hybridized carbons (Fsp3) is 0.353. The van der Waals surface area contributed by atoms with Crippen molar-refractivity contribution in [1.29, 1.82) is 0 Å². The van der Waals surface area contributed by atoms with E-state index in [2.05, 4.69) is 23.5 Å². The Labute approximate surface area is 124 Å². The zero-order valence-electron chi connectivity index (χ0n) is 12.0. The highest BCUT2D eigenvalue weighted by molar-refractivity contribution is 5.90. The molecule has 0 saturated carbocycles. The normalized spacial score (nSPS) is 33.2. The van der Waals surface area contributed by atoms with Gasteiger partial charge in [0, 0.05) is 6.42 Å². The minimum atomic E-state index is -0.408. The van der Waals surface area contributed by atoms with E-state index in [0.717, 1.165) is 24.2 Å². The van der Waals surface area contributed by atoms with Crippen LogP contribution in [0.3, 0.4) is 0 Å².